The Morgan fingerprint density at radius 2 is 1.73 bits per heavy atom. The van der Waals surface area contributed by atoms with Crippen LogP contribution in [0.4, 0.5) is 0 Å². The maximum absolute atomic E-state index is 12.8. The van der Waals surface area contributed by atoms with Crippen molar-refractivity contribution in [2.75, 3.05) is 32.7 Å². The lowest BCUT2D eigenvalue weighted by molar-refractivity contribution is -0.123. The van der Waals surface area contributed by atoms with Gasteiger partial charge in [0.15, 0.2) is 0 Å². The first kappa shape index (κ1) is 21.0. The summed E-state index contributed by atoms with van der Waals surface area (Å²) in [6.07, 6.45) is 3.11. The number of rotatable bonds is 5. The van der Waals surface area contributed by atoms with Gasteiger partial charge in [-0.15, -0.1) is 0 Å². The van der Waals surface area contributed by atoms with Crippen LogP contribution >= 0.6 is 0 Å². The number of sulfonamides is 1. The minimum atomic E-state index is -3.48. The van der Waals surface area contributed by atoms with Crippen LogP contribution in [-0.2, 0) is 21.2 Å². The summed E-state index contributed by atoms with van der Waals surface area (Å²) in [5.74, 6) is 0.00606. The second-order valence-electron chi connectivity index (χ2n) is 8.20. The molecule has 0 saturated carbocycles. The van der Waals surface area contributed by atoms with E-state index in [0.29, 0.717) is 37.6 Å². The highest BCUT2D eigenvalue weighted by Gasteiger charge is 2.29. The molecule has 1 aliphatic carbocycles. The Labute approximate surface area is 178 Å². The van der Waals surface area contributed by atoms with Crippen LogP contribution in [0.3, 0.4) is 0 Å². The van der Waals surface area contributed by atoms with E-state index >= 15 is 0 Å². The first-order valence-electron chi connectivity index (χ1n) is 10.6. The minimum Gasteiger partial charge on any atom is -0.348 e. The second kappa shape index (κ2) is 8.88. The summed E-state index contributed by atoms with van der Waals surface area (Å²) < 4.78 is 27.2. The molecule has 0 radical (unpaired) electrons. The largest absolute Gasteiger partial charge is 0.348 e. The summed E-state index contributed by atoms with van der Waals surface area (Å²) in [4.78, 5) is 15.0. The lowest BCUT2D eigenvalue weighted by Gasteiger charge is -2.34. The van der Waals surface area contributed by atoms with E-state index in [0.717, 1.165) is 24.8 Å². The first-order valence-corrected chi connectivity index (χ1v) is 12.0. The van der Waals surface area contributed by atoms with Gasteiger partial charge in [-0.3, -0.25) is 9.69 Å². The van der Waals surface area contributed by atoms with Crippen LogP contribution in [0.1, 0.15) is 35.6 Å². The Kier molecular flexibility index (Phi) is 6.22. The van der Waals surface area contributed by atoms with Crippen molar-refractivity contribution in [3.05, 3.63) is 65.2 Å². The quantitative estimate of drug-likeness (QED) is 0.796. The fourth-order valence-corrected chi connectivity index (χ4v) is 5.76. The van der Waals surface area contributed by atoms with Crippen LogP contribution in [0.5, 0.6) is 0 Å². The van der Waals surface area contributed by atoms with Crippen LogP contribution in [0.25, 0.3) is 0 Å². The molecule has 30 heavy (non-hydrogen) atoms. The molecule has 0 unspecified atom stereocenters. The summed E-state index contributed by atoms with van der Waals surface area (Å²) in [6, 6.07) is 15.3. The number of carbonyl (C=O) groups excluding carboxylic acids is 1. The maximum Gasteiger partial charge on any atom is 0.243 e. The molecule has 1 atom stereocenters. The molecule has 1 heterocycles. The molecule has 0 bridgehead atoms. The molecule has 1 fully saturated rings. The molecule has 2 aromatic carbocycles. The van der Waals surface area contributed by atoms with Gasteiger partial charge in [0.2, 0.25) is 15.9 Å². The summed E-state index contributed by atoms with van der Waals surface area (Å²) in [5, 5.41) is 3.18. The Balaban J connectivity index is 1.31. The average molecular weight is 428 g/mol. The molecule has 2 aliphatic rings. The smallest absolute Gasteiger partial charge is 0.243 e. The van der Waals surface area contributed by atoms with Gasteiger partial charge in [0.25, 0.3) is 0 Å². The van der Waals surface area contributed by atoms with Gasteiger partial charge in [0, 0.05) is 26.2 Å². The molecule has 1 amide bonds. The molecule has 0 aromatic heterocycles. The molecule has 160 valence electrons. The Morgan fingerprint density at radius 3 is 2.47 bits per heavy atom. The topological polar surface area (TPSA) is 69.7 Å². The molecule has 6 nitrogen and oxygen atoms in total. The Hall–Kier alpha value is -2.22. The van der Waals surface area contributed by atoms with E-state index in [2.05, 4.69) is 17.4 Å². The maximum atomic E-state index is 12.8. The number of nitrogens with zero attached hydrogens (tertiary/aromatic N) is 2. The van der Waals surface area contributed by atoms with Crippen LogP contribution in [0, 0.1) is 6.92 Å². The van der Waals surface area contributed by atoms with E-state index in [4.69, 9.17) is 0 Å². The standard InChI is InChI=1S/C23H29N3O3S/c1-18-9-11-20(12-10-18)30(28,29)26-15-13-25(14-16-26)17-23(27)24-22-8-4-6-19-5-2-3-7-21(19)22/h2-3,5,7,9-12,22H,4,6,8,13-17H2,1H3,(H,24,27)/t22-/m1/s1. The van der Waals surface area contributed by atoms with Gasteiger partial charge in [-0.25, -0.2) is 8.42 Å². The van der Waals surface area contributed by atoms with Crippen LogP contribution in [0.15, 0.2) is 53.4 Å². The zero-order valence-corrected chi connectivity index (χ0v) is 18.2. The summed E-state index contributed by atoms with van der Waals surface area (Å²) in [6.45, 7) is 4.15. The molecule has 0 spiro atoms. The molecular formula is C23H29N3O3S. The van der Waals surface area contributed by atoms with Crippen LogP contribution < -0.4 is 5.32 Å². The van der Waals surface area contributed by atoms with E-state index in [-0.39, 0.29) is 11.9 Å². The monoisotopic (exact) mass is 427 g/mol. The number of nitrogens with one attached hydrogen (secondary N) is 1. The van der Waals surface area contributed by atoms with Crippen molar-refractivity contribution in [1.29, 1.82) is 0 Å². The number of benzene rings is 2. The average Bonchev–Trinajstić information content (AvgIpc) is 2.75. The van der Waals surface area contributed by atoms with Crippen molar-refractivity contribution in [3.63, 3.8) is 0 Å². The van der Waals surface area contributed by atoms with Gasteiger partial charge in [-0.05, 0) is 49.4 Å². The van der Waals surface area contributed by atoms with Crippen LogP contribution in [0.2, 0.25) is 0 Å². The number of aryl methyl sites for hydroxylation is 2. The highest BCUT2D eigenvalue weighted by molar-refractivity contribution is 7.89. The SMILES string of the molecule is Cc1ccc(S(=O)(=O)N2CCN(CC(=O)N[C@@H]3CCCc4ccccc43)CC2)cc1. The highest BCUT2D eigenvalue weighted by atomic mass is 32.2. The molecule has 7 heteroatoms. The van der Waals surface area contributed by atoms with E-state index in [1.807, 2.05) is 36.1 Å². The third-order valence-corrected chi connectivity index (χ3v) is 7.97. The number of piperazine rings is 1. The predicted molar refractivity (Wildman–Crippen MR) is 117 cm³/mol. The number of hydrogen-bond donors (Lipinski definition) is 1. The van der Waals surface area contributed by atoms with Crippen molar-refractivity contribution in [3.8, 4) is 0 Å². The Bertz CT molecular complexity index is 997. The van der Waals surface area contributed by atoms with Crippen molar-refractivity contribution < 1.29 is 13.2 Å². The van der Waals surface area contributed by atoms with Gasteiger partial charge in [0.05, 0.1) is 17.5 Å². The number of amides is 1. The molecular weight excluding hydrogens is 398 g/mol. The van der Waals surface area contributed by atoms with E-state index in [1.54, 1.807) is 12.1 Å². The normalized spacial score (nSPS) is 20.5. The molecule has 1 N–H and O–H groups in total. The Morgan fingerprint density at radius 1 is 1.03 bits per heavy atom. The second-order valence-corrected chi connectivity index (χ2v) is 10.1. The van der Waals surface area contributed by atoms with E-state index in [9.17, 15) is 13.2 Å². The lowest BCUT2D eigenvalue weighted by Crippen LogP contribution is -2.51. The van der Waals surface area contributed by atoms with Gasteiger partial charge < -0.3 is 5.32 Å². The van der Waals surface area contributed by atoms with Gasteiger partial charge >= 0.3 is 0 Å². The third-order valence-electron chi connectivity index (χ3n) is 6.06. The number of hydrogen-bond acceptors (Lipinski definition) is 4. The van der Waals surface area contributed by atoms with Crippen molar-refractivity contribution in [2.24, 2.45) is 0 Å². The van der Waals surface area contributed by atoms with Crippen molar-refractivity contribution >= 4 is 15.9 Å². The predicted octanol–water partition coefficient (Wildman–Crippen LogP) is 2.50. The minimum absolute atomic E-state index is 0.00606. The van der Waals surface area contributed by atoms with Gasteiger partial charge in [-0.2, -0.15) is 4.31 Å². The fourth-order valence-electron chi connectivity index (χ4n) is 4.33. The number of fused-ring (bicyclic) bond motifs is 1. The number of carbonyl (C=O) groups is 1. The summed E-state index contributed by atoms with van der Waals surface area (Å²) in [5.41, 5.74) is 3.58. The zero-order chi connectivity index (χ0) is 21.1. The first-order chi connectivity index (χ1) is 14.4. The van der Waals surface area contributed by atoms with Gasteiger partial charge in [-0.1, -0.05) is 42.0 Å². The zero-order valence-electron chi connectivity index (χ0n) is 17.4. The fraction of sp³-hybridized carbons (Fsp3) is 0.435. The van der Waals surface area contributed by atoms with Gasteiger partial charge in [0.1, 0.15) is 0 Å². The third kappa shape index (κ3) is 4.58. The highest BCUT2D eigenvalue weighted by Crippen LogP contribution is 2.29. The molecule has 1 saturated heterocycles. The van der Waals surface area contributed by atoms with Crippen molar-refractivity contribution in [1.82, 2.24) is 14.5 Å². The summed E-state index contributed by atoms with van der Waals surface area (Å²) >= 11 is 0. The summed E-state index contributed by atoms with van der Waals surface area (Å²) in [7, 11) is -3.48. The lowest BCUT2D eigenvalue weighted by atomic mass is 9.88. The van der Waals surface area contributed by atoms with Crippen LogP contribution in [-0.4, -0.2) is 56.3 Å². The molecule has 1 aliphatic heterocycles. The van der Waals surface area contributed by atoms with E-state index in [1.165, 1.54) is 15.4 Å². The van der Waals surface area contributed by atoms with Crippen molar-refractivity contribution in [2.45, 2.75) is 37.1 Å². The van der Waals surface area contributed by atoms with E-state index < -0.39 is 10.0 Å². The molecule has 4 rings (SSSR count). The molecule has 2 aromatic rings.